The zero-order chi connectivity index (χ0) is 8.69. The Balaban J connectivity index is 3.51. The minimum Gasteiger partial charge on any atom is -0.420 e. The first-order chi connectivity index (χ1) is 5.22. The van der Waals surface area contributed by atoms with Crippen LogP contribution in [-0.2, 0) is 4.43 Å². The predicted molar refractivity (Wildman–Crippen MR) is 52.4 cm³/mol. The largest absolute Gasteiger partial charge is 0.420 e. The minimum absolute atomic E-state index is 0.751. The van der Waals surface area contributed by atoms with E-state index in [-0.39, 0.29) is 0 Å². The lowest BCUT2D eigenvalue weighted by molar-refractivity contribution is 0.334. The van der Waals surface area contributed by atoms with Gasteiger partial charge in [-0.15, -0.1) is 0 Å². The first-order valence-electron chi connectivity index (χ1n) is 4.54. The molecule has 0 amide bonds. The molecule has 1 unspecified atom stereocenters. The van der Waals surface area contributed by atoms with E-state index in [1.54, 1.807) is 0 Å². The maximum Gasteiger partial charge on any atom is 0.179 e. The molecule has 0 aromatic rings. The van der Waals surface area contributed by atoms with E-state index in [1.165, 1.54) is 6.04 Å². The van der Waals surface area contributed by atoms with Crippen molar-refractivity contribution >= 4 is 9.04 Å². The summed E-state index contributed by atoms with van der Waals surface area (Å²) in [6.07, 6.45) is 1.13. The molecule has 2 N–H and O–H groups in total. The van der Waals surface area contributed by atoms with Crippen LogP contribution < -0.4 is 5.73 Å². The lowest BCUT2D eigenvalue weighted by Crippen LogP contribution is -2.22. The van der Waals surface area contributed by atoms with Gasteiger partial charge in [-0.3, -0.25) is 0 Å². The van der Waals surface area contributed by atoms with E-state index in [9.17, 15) is 0 Å². The minimum atomic E-state index is -0.905. The molecule has 0 rings (SSSR count). The normalized spacial score (nSPS) is 13.9. The van der Waals surface area contributed by atoms with Crippen LogP contribution in [0.3, 0.4) is 0 Å². The Bertz CT molecular complexity index is 88.2. The third-order valence-corrected chi connectivity index (χ3v) is 5.04. The smallest absolute Gasteiger partial charge is 0.179 e. The zero-order valence-corrected chi connectivity index (χ0v) is 9.12. The average Bonchev–Trinajstić information content (AvgIpc) is 1.97. The molecular weight excluding hydrogens is 154 g/mol. The summed E-state index contributed by atoms with van der Waals surface area (Å²) in [6, 6.07) is 1.24. The lowest BCUT2D eigenvalue weighted by atomic mass is 10.5. The average molecular weight is 175 g/mol. The van der Waals surface area contributed by atoms with Crippen molar-refractivity contribution in [3.05, 3.63) is 0 Å². The summed E-state index contributed by atoms with van der Waals surface area (Å²) >= 11 is 0. The van der Waals surface area contributed by atoms with Gasteiger partial charge in [0.2, 0.25) is 0 Å². The van der Waals surface area contributed by atoms with Crippen LogP contribution in [0.15, 0.2) is 0 Å². The SMILES string of the molecule is CCO[SiH](CCCN)C(C)C. The van der Waals surface area contributed by atoms with Gasteiger partial charge >= 0.3 is 0 Å². The maximum absolute atomic E-state index is 5.69. The molecule has 2 nitrogen and oxygen atoms in total. The van der Waals surface area contributed by atoms with Gasteiger partial charge in [0, 0.05) is 6.61 Å². The van der Waals surface area contributed by atoms with Crippen molar-refractivity contribution in [3.8, 4) is 0 Å². The van der Waals surface area contributed by atoms with Crippen molar-refractivity contribution < 1.29 is 4.43 Å². The van der Waals surface area contributed by atoms with Crippen molar-refractivity contribution in [1.82, 2.24) is 0 Å². The molecule has 0 bridgehead atoms. The van der Waals surface area contributed by atoms with E-state index in [4.69, 9.17) is 10.2 Å². The van der Waals surface area contributed by atoms with Crippen molar-refractivity contribution in [3.63, 3.8) is 0 Å². The molecule has 68 valence electrons. The highest BCUT2D eigenvalue weighted by atomic mass is 28.3. The van der Waals surface area contributed by atoms with Gasteiger partial charge in [-0.25, -0.2) is 0 Å². The Kier molecular flexibility index (Phi) is 6.91. The first-order valence-corrected chi connectivity index (χ1v) is 6.49. The number of hydrogen-bond donors (Lipinski definition) is 1. The van der Waals surface area contributed by atoms with E-state index in [0.29, 0.717) is 0 Å². The zero-order valence-electron chi connectivity index (χ0n) is 7.97. The second-order valence-corrected chi connectivity index (χ2v) is 6.49. The standard InChI is InChI=1S/C8H21NOSi/c1-4-10-11(8(2)3)7-5-6-9/h8,11H,4-7,9H2,1-3H3. The lowest BCUT2D eigenvalue weighted by Gasteiger charge is -2.18. The van der Waals surface area contributed by atoms with Gasteiger partial charge in [-0.05, 0) is 31.5 Å². The Morgan fingerprint density at radius 3 is 2.45 bits per heavy atom. The van der Waals surface area contributed by atoms with Crippen molar-refractivity contribution in [2.24, 2.45) is 5.73 Å². The van der Waals surface area contributed by atoms with Gasteiger partial charge < -0.3 is 10.2 Å². The molecule has 1 atom stereocenters. The molecule has 0 aliphatic heterocycles. The van der Waals surface area contributed by atoms with E-state index >= 15 is 0 Å². The summed E-state index contributed by atoms with van der Waals surface area (Å²) in [6.45, 7) is 8.26. The molecule has 0 radical (unpaired) electrons. The molecule has 0 fully saturated rings. The Morgan fingerprint density at radius 1 is 1.45 bits per heavy atom. The fourth-order valence-electron chi connectivity index (χ4n) is 1.14. The molecule has 3 heteroatoms. The molecule has 0 aromatic carbocycles. The van der Waals surface area contributed by atoms with Gasteiger partial charge in [0.05, 0.1) is 0 Å². The number of nitrogens with two attached hydrogens (primary N) is 1. The van der Waals surface area contributed by atoms with Crippen LogP contribution in [-0.4, -0.2) is 22.2 Å². The van der Waals surface area contributed by atoms with E-state index < -0.39 is 9.04 Å². The second kappa shape index (κ2) is 6.82. The quantitative estimate of drug-likeness (QED) is 0.621. The van der Waals surface area contributed by atoms with Gasteiger partial charge in [0.25, 0.3) is 0 Å². The fraction of sp³-hybridized carbons (Fsp3) is 1.00. The summed E-state index contributed by atoms with van der Waals surface area (Å²) in [5.41, 5.74) is 6.19. The topological polar surface area (TPSA) is 35.2 Å². The molecule has 0 aliphatic carbocycles. The Labute approximate surface area is 71.8 Å². The van der Waals surface area contributed by atoms with E-state index in [2.05, 4.69) is 20.8 Å². The molecule has 0 spiro atoms. The van der Waals surface area contributed by atoms with Crippen LogP contribution in [0, 0.1) is 0 Å². The van der Waals surface area contributed by atoms with E-state index in [0.717, 1.165) is 25.1 Å². The van der Waals surface area contributed by atoms with Crippen LogP contribution in [0.4, 0.5) is 0 Å². The molecule has 0 aromatic heterocycles. The van der Waals surface area contributed by atoms with Gasteiger partial charge in [-0.1, -0.05) is 13.8 Å². The number of hydrogen-bond acceptors (Lipinski definition) is 2. The van der Waals surface area contributed by atoms with Crippen molar-refractivity contribution in [2.75, 3.05) is 13.2 Å². The van der Waals surface area contributed by atoms with Crippen LogP contribution in [0.5, 0.6) is 0 Å². The molecular formula is C8H21NOSi. The molecule has 0 aliphatic rings. The number of rotatable bonds is 6. The fourth-order valence-corrected chi connectivity index (χ4v) is 3.43. The highest BCUT2D eigenvalue weighted by Crippen LogP contribution is 2.14. The third-order valence-electron chi connectivity index (χ3n) is 1.82. The van der Waals surface area contributed by atoms with Crippen LogP contribution in [0.1, 0.15) is 27.2 Å². The first kappa shape index (κ1) is 11.1. The highest BCUT2D eigenvalue weighted by Gasteiger charge is 2.14. The molecule has 11 heavy (non-hydrogen) atoms. The third kappa shape index (κ3) is 5.41. The summed E-state index contributed by atoms with van der Waals surface area (Å²) in [5, 5.41) is 0. The second-order valence-electron chi connectivity index (χ2n) is 3.17. The van der Waals surface area contributed by atoms with Gasteiger partial charge in [-0.2, -0.15) is 0 Å². The maximum atomic E-state index is 5.69. The van der Waals surface area contributed by atoms with Crippen LogP contribution in [0.25, 0.3) is 0 Å². The van der Waals surface area contributed by atoms with Gasteiger partial charge in [0.1, 0.15) is 0 Å². The summed E-state index contributed by atoms with van der Waals surface area (Å²) in [5.74, 6) is 0. The molecule has 0 saturated carbocycles. The Morgan fingerprint density at radius 2 is 2.09 bits per heavy atom. The van der Waals surface area contributed by atoms with Gasteiger partial charge in [0.15, 0.2) is 9.04 Å². The summed E-state index contributed by atoms with van der Waals surface area (Å²) in [7, 11) is -0.905. The predicted octanol–water partition coefficient (Wildman–Crippen LogP) is 1.51. The summed E-state index contributed by atoms with van der Waals surface area (Å²) in [4.78, 5) is 0. The van der Waals surface area contributed by atoms with Crippen LogP contribution in [0.2, 0.25) is 11.6 Å². The van der Waals surface area contributed by atoms with Crippen molar-refractivity contribution in [2.45, 2.75) is 38.8 Å². The van der Waals surface area contributed by atoms with Crippen molar-refractivity contribution in [1.29, 1.82) is 0 Å². The monoisotopic (exact) mass is 175 g/mol. The highest BCUT2D eigenvalue weighted by molar-refractivity contribution is 6.53. The van der Waals surface area contributed by atoms with E-state index in [1.807, 2.05) is 0 Å². The Hall–Kier alpha value is 0.137. The molecule has 0 saturated heterocycles. The summed E-state index contributed by atoms with van der Waals surface area (Å²) < 4.78 is 5.69. The van der Waals surface area contributed by atoms with Crippen LogP contribution >= 0.6 is 0 Å². The molecule has 0 heterocycles.